The number of carbonyl (C=O) groups is 1. The summed E-state index contributed by atoms with van der Waals surface area (Å²) < 4.78 is 5.35. The lowest BCUT2D eigenvalue weighted by Gasteiger charge is -2.12. The van der Waals surface area contributed by atoms with Gasteiger partial charge in [0.25, 0.3) is 0 Å². The van der Waals surface area contributed by atoms with E-state index in [2.05, 4.69) is 0 Å². The Morgan fingerprint density at radius 1 is 1.50 bits per heavy atom. The lowest BCUT2D eigenvalue weighted by atomic mass is 10.1. The fourth-order valence-electron chi connectivity index (χ4n) is 1.46. The molecule has 0 radical (unpaired) electrons. The van der Waals surface area contributed by atoms with E-state index in [9.17, 15) is 4.79 Å². The Morgan fingerprint density at radius 2 is 2.36 bits per heavy atom. The molecule has 0 unspecified atom stereocenters. The van der Waals surface area contributed by atoms with Crippen molar-refractivity contribution in [3.63, 3.8) is 0 Å². The van der Waals surface area contributed by atoms with Crippen LogP contribution >= 0.6 is 0 Å². The van der Waals surface area contributed by atoms with Crippen LogP contribution in [0.15, 0.2) is 24.3 Å². The molecule has 0 aromatic heterocycles. The Labute approximate surface area is 81.6 Å². The minimum Gasteiger partial charge on any atom is -0.489 e. The van der Waals surface area contributed by atoms with Crippen LogP contribution in [0.5, 0.6) is 5.75 Å². The number of aliphatic carboxylic acids is 1. The molecule has 0 atom stereocenters. The summed E-state index contributed by atoms with van der Waals surface area (Å²) >= 11 is 0. The zero-order chi connectivity index (χ0) is 9.97. The molecule has 0 saturated heterocycles. The molecule has 1 aliphatic rings. The van der Waals surface area contributed by atoms with Crippen LogP contribution in [0, 0.1) is 0 Å². The van der Waals surface area contributed by atoms with Crippen LogP contribution in [0.25, 0.3) is 6.08 Å². The van der Waals surface area contributed by atoms with Crippen LogP contribution in [-0.2, 0) is 11.2 Å². The minimum absolute atomic E-state index is 0.0567. The maximum atomic E-state index is 10.5. The normalized spacial score (nSPS) is 13.1. The molecule has 3 heteroatoms. The van der Waals surface area contributed by atoms with Crippen molar-refractivity contribution in [1.29, 1.82) is 0 Å². The number of carboxylic acids is 1. The van der Waals surface area contributed by atoms with Crippen molar-refractivity contribution in [2.75, 3.05) is 6.61 Å². The van der Waals surface area contributed by atoms with Gasteiger partial charge in [-0.3, -0.25) is 4.79 Å². The number of hydrogen-bond donors (Lipinski definition) is 1. The predicted molar refractivity (Wildman–Crippen MR) is 52.3 cm³/mol. The molecule has 1 aliphatic heterocycles. The fourth-order valence-corrected chi connectivity index (χ4v) is 1.46. The van der Waals surface area contributed by atoms with Gasteiger partial charge in [0.15, 0.2) is 0 Å². The third-order valence-electron chi connectivity index (χ3n) is 2.06. The monoisotopic (exact) mass is 190 g/mol. The summed E-state index contributed by atoms with van der Waals surface area (Å²) in [6.07, 6.45) is 3.91. The SMILES string of the molecule is O=C(O)Cc1ccc2c(c1)C=CCO2. The first-order valence-electron chi connectivity index (χ1n) is 4.40. The Bertz CT molecular complexity index is 394. The molecule has 0 amide bonds. The minimum atomic E-state index is -0.814. The predicted octanol–water partition coefficient (Wildman–Crippen LogP) is 1.72. The molecule has 1 aromatic carbocycles. The van der Waals surface area contributed by atoms with Gasteiger partial charge in [-0.05, 0) is 23.8 Å². The Balaban J connectivity index is 2.30. The lowest BCUT2D eigenvalue weighted by Crippen LogP contribution is -2.03. The molecule has 72 valence electrons. The maximum absolute atomic E-state index is 10.5. The first-order valence-corrected chi connectivity index (χ1v) is 4.40. The van der Waals surface area contributed by atoms with Crippen LogP contribution in [0.4, 0.5) is 0 Å². The molecule has 1 heterocycles. The fraction of sp³-hybridized carbons (Fsp3) is 0.182. The summed E-state index contributed by atoms with van der Waals surface area (Å²) in [5, 5.41) is 8.62. The van der Waals surface area contributed by atoms with Crippen molar-refractivity contribution >= 4 is 12.0 Å². The van der Waals surface area contributed by atoms with Crippen molar-refractivity contribution in [2.45, 2.75) is 6.42 Å². The molecule has 0 fully saturated rings. The van der Waals surface area contributed by atoms with Crippen LogP contribution < -0.4 is 4.74 Å². The molecular weight excluding hydrogens is 180 g/mol. The first kappa shape index (κ1) is 8.81. The average molecular weight is 190 g/mol. The van der Waals surface area contributed by atoms with Gasteiger partial charge in [-0.1, -0.05) is 12.1 Å². The molecule has 2 rings (SSSR count). The first-order chi connectivity index (χ1) is 6.75. The van der Waals surface area contributed by atoms with Crippen LogP contribution in [-0.4, -0.2) is 17.7 Å². The van der Waals surface area contributed by atoms with E-state index in [-0.39, 0.29) is 6.42 Å². The highest BCUT2D eigenvalue weighted by Crippen LogP contribution is 2.24. The van der Waals surface area contributed by atoms with Gasteiger partial charge in [-0.2, -0.15) is 0 Å². The number of carboxylic acid groups (broad SMARTS) is 1. The van der Waals surface area contributed by atoms with Crippen LogP contribution in [0.3, 0.4) is 0 Å². The maximum Gasteiger partial charge on any atom is 0.307 e. The van der Waals surface area contributed by atoms with Crippen molar-refractivity contribution in [3.05, 3.63) is 35.4 Å². The Kier molecular flexibility index (Phi) is 2.23. The van der Waals surface area contributed by atoms with Gasteiger partial charge in [0, 0.05) is 5.56 Å². The van der Waals surface area contributed by atoms with Gasteiger partial charge < -0.3 is 9.84 Å². The van der Waals surface area contributed by atoms with E-state index >= 15 is 0 Å². The molecule has 0 spiro atoms. The van der Waals surface area contributed by atoms with Gasteiger partial charge in [0.1, 0.15) is 12.4 Å². The highest BCUT2D eigenvalue weighted by atomic mass is 16.5. The molecule has 1 N–H and O–H groups in total. The Hall–Kier alpha value is -1.77. The number of benzene rings is 1. The average Bonchev–Trinajstić information content (AvgIpc) is 2.17. The van der Waals surface area contributed by atoms with Crippen molar-refractivity contribution in [2.24, 2.45) is 0 Å². The van der Waals surface area contributed by atoms with E-state index in [1.807, 2.05) is 24.3 Å². The second kappa shape index (κ2) is 3.54. The summed E-state index contributed by atoms with van der Waals surface area (Å²) in [4.78, 5) is 10.5. The summed E-state index contributed by atoms with van der Waals surface area (Å²) in [7, 11) is 0. The van der Waals surface area contributed by atoms with Crippen molar-refractivity contribution in [3.8, 4) is 5.75 Å². The highest BCUT2D eigenvalue weighted by Gasteiger charge is 2.07. The van der Waals surface area contributed by atoms with Gasteiger partial charge >= 0.3 is 5.97 Å². The smallest absolute Gasteiger partial charge is 0.307 e. The van der Waals surface area contributed by atoms with E-state index in [0.29, 0.717) is 6.61 Å². The number of hydrogen-bond acceptors (Lipinski definition) is 2. The number of ether oxygens (including phenoxy) is 1. The van der Waals surface area contributed by atoms with Gasteiger partial charge in [-0.15, -0.1) is 0 Å². The zero-order valence-corrected chi connectivity index (χ0v) is 7.56. The molecule has 0 bridgehead atoms. The summed E-state index contributed by atoms with van der Waals surface area (Å²) in [6.45, 7) is 0.589. The molecule has 3 nitrogen and oxygen atoms in total. The quantitative estimate of drug-likeness (QED) is 0.772. The van der Waals surface area contributed by atoms with E-state index in [1.165, 1.54) is 0 Å². The summed E-state index contributed by atoms with van der Waals surface area (Å²) in [5.41, 5.74) is 1.75. The van der Waals surface area contributed by atoms with Gasteiger partial charge in [0.2, 0.25) is 0 Å². The number of fused-ring (bicyclic) bond motifs is 1. The summed E-state index contributed by atoms with van der Waals surface area (Å²) in [5.74, 6) is 0.00676. The molecule has 0 saturated carbocycles. The standard InChI is InChI=1S/C11H10O3/c12-11(13)7-8-3-4-10-9(6-8)2-1-5-14-10/h1-4,6H,5,7H2,(H,12,13). The van der Waals surface area contributed by atoms with E-state index in [4.69, 9.17) is 9.84 Å². The van der Waals surface area contributed by atoms with Gasteiger partial charge in [-0.25, -0.2) is 0 Å². The third kappa shape index (κ3) is 1.76. The zero-order valence-electron chi connectivity index (χ0n) is 7.56. The van der Waals surface area contributed by atoms with Crippen LogP contribution in [0.1, 0.15) is 11.1 Å². The van der Waals surface area contributed by atoms with E-state index in [0.717, 1.165) is 16.9 Å². The molecular formula is C11H10O3. The summed E-state index contributed by atoms with van der Waals surface area (Å²) in [6, 6.07) is 5.45. The Morgan fingerprint density at radius 3 is 3.14 bits per heavy atom. The molecule has 14 heavy (non-hydrogen) atoms. The molecule has 0 aliphatic carbocycles. The highest BCUT2D eigenvalue weighted by molar-refractivity contribution is 5.71. The number of rotatable bonds is 2. The topological polar surface area (TPSA) is 46.5 Å². The van der Waals surface area contributed by atoms with Crippen LogP contribution in [0.2, 0.25) is 0 Å². The van der Waals surface area contributed by atoms with Gasteiger partial charge in [0.05, 0.1) is 6.42 Å². The second-order valence-corrected chi connectivity index (χ2v) is 3.16. The van der Waals surface area contributed by atoms with E-state index in [1.54, 1.807) is 6.07 Å². The lowest BCUT2D eigenvalue weighted by molar-refractivity contribution is -0.136. The van der Waals surface area contributed by atoms with E-state index < -0.39 is 5.97 Å². The second-order valence-electron chi connectivity index (χ2n) is 3.16. The van der Waals surface area contributed by atoms with Crippen molar-refractivity contribution in [1.82, 2.24) is 0 Å². The van der Waals surface area contributed by atoms with Crippen molar-refractivity contribution < 1.29 is 14.6 Å². The third-order valence-corrected chi connectivity index (χ3v) is 2.06. The molecule has 1 aromatic rings. The largest absolute Gasteiger partial charge is 0.489 e.